The molecule has 1 aromatic heterocycles. The monoisotopic (exact) mass is 290 g/mol. The Morgan fingerprint density at radius 1 is 1.38 bits per heavy atom. The zero-order chi connectivity index (χ0) is 15.1. The summed E-state index contributed by atoms with van der Waals surface area (Å²) in [6, 6.07) is 8.03. The summed E-state index contributed by atoms with van der Waals surface area (Å²) >= 11 is 0. The number of nitrogens with one attached hydrogen (secondary N) is 1. The molecule has 0 fully saturated rings. The summed E-state index contributed by atoms with van der Waals surface area (Å²) in [6.07, 6.45) is 3.60. The van der Waals surface area contributed by atoms with Gasteiger partial charge in [0.15, 0.2) is 0 Å². The molecule has 0 aliphatic rings. The first-order valence-corrected chi connectivity index (χ1v) is 6.82. The Balaban J connectivity index is 1.68. The lowest BCUT2D eigenvalue weighted by Crippen LogP contribution is -2.36. The third-order valence-corrected chi connectivity index (χ3v) is 3.11. The first kappa shape index (κ1) is 15.2. The molecule has 1 N–H and O–H groups in total. The molecule has 1 heterocycles. The van der Waals surface area contributed by atoms with Crippen molar-refractivity contribution in [2.75, 3.05) is 20.1 Å². The number of carbonyl (C=O) groups is 1. The molecule has 0 aliphatic heterocycles. The molecule has 0 atom stereocenters. The Morgan fingerprint density at radius 2 is 2.14 bits per heavy atom. The summed E-state index contributed by atoms with van der Waals surface area (Å²) in [6.45, 7) is 2.15. The highest BCUT2D eigenvalue weighted by atomic mass is 19.1. The maximum Gasteiger partial charge on any atom is 0.236 e. The van der Waals surface area contributed by atoms with Crippen molar-refractivity contribution in [3.63, 3.8) is 0 Å². The quantitative estimate of drug-likeness (QED) is 0.781. The smallest absolute Gasteiger partial charge is 0.236 e. The number of halogens is 1. The second-order valence-corrected chi connectivity index (χ2v) is 4.82. The van der Waals surface area contributed by atoms with Crippen molar-refractivity contribution in [1.82, 2.24) is 20.0 Å². The van der Waals surface area contributed by atoms with E-state index in [2.05, 4.69) is 10.4 Å². The van der Waals surface area contributed by atoms with Crippen LogP contribution in [-0.2, 0) is 17.9 Å². The normalized spacial score (nSPS) is 10.6. The average molecular weight is 290 g/mol. The Morgan fingerprint density at radius 3 is 2.81 bits per heavy atom. The number of amides is 1. The lowest BCUT2D eigenvalue weighted by Gasteiger charge is -2.17. The van der Waals surface area contributed by atoms with E-state index < -0.39 is 0 Å². The Bertz CT molecular complexity index is 554. The summed E-state index contributed by atoms with van der Waals surface area (Å²) in [5.41, 5.74) is 0.906. The van der Waals surface area contributed by atoms with Crippen LogP contribution in [0.15, 0.2) is 42.7 Å². The predicted octanol–water partition coefficient (Wildman–Crippen LogP) is 1.27. The topological polar surface area (TPSA) is 50.2 Å². The molecule has 0 bridgehead atoms. The van der Waals surface area contributed by atoms with Crippen molar-refractivity contribution in [2.24, 2.45) is 0 Å². The van der Waals surface area contributed by atoms with E-state index >= 15 is 0 Å². The van der Waals surface area contributed by atoms with Gasteiger partial charge in [-0.05, 0) is 23.8 Å². The van der Waals surface area contributed by atoms with E-state index in [0.29, 0.717) is 13.1 Å². The number of nitrogens with zero attached hydrogens (tertiary/aromatic N) is 3. The number of carbonyl (C=O) groups excluding carboxylic acids is 1. The van der Waals surface area contributed by atoms with Gasteiger partial charge in [-0.25, -0.2) is 4.39 Å². The summed E-state index contributed by atoms with van der Waals surface area (Å²) in [5, 5.41) is 7.17. The van der Waals surface area contributed by atoms with Crippen molar-refractivity contribution >= 4 is 5.91 Å². The molecule has 1 amide bonds. The fourth-order valence-corrected chi connectivity index (χ4v) is 1.91. The molecule has 0 saturated heterocycles. The molecule has 1 aromatic carbocycles. The van der Waals surface area contributed by atoms with Crippen molar-refractivity contribution in [3.8, 4) is 0 Å². The zero-order valence-electron chi connectivity index (χ0n) is 12.0. The van der Waals surface area contributed by atoms with Gasteiger partial charge in [-0.3, -0.25) is 9.48 Å². The van der Waals surface area contributed by atoms with Crippen LogP contribution in [0, 0.1) is 5.82 Å². The van der Waals surface area contributed by atoms with E-state index in [1.165, 1.54) is 12.1 Å². The predicted molar refractivity (Wildman–Crippen MR) is 78.0 cm³/mol. The van der Waals surface area contributed by atoms with Crippen LogP contribution in [0.2, 0.25) is 0 Å². The molecule has 5 nitrogen and oxygen atoms in total. The van der Waals surface area contributed by atoms with Crippen LogP contribution in [0.4, 0.5) is 4.39 Å². The fraction of sp³-hybridized carbons (Fsp3) is 0.333. The molecule has 0 unspecified atom stereocenters. The van der Waals surface area contributed by atoms with Crippen molar-refractivity contribution in [3.05, 3.63) is 54.1 Å². The Kier molecular flexibility index (Phi) is 5.45. The standard InChI is InChI=1S/C15H19FN4O/c1-19(12-13-3-5-14(16)6-4-13)15(21)11-17-8-10-20-9-2-7-18-20/h2-7,9,17H,8,10-12H2,1H3. The molecular formula is C15H19FN4O. The second-order valence-electron chi connectivity index (χ2n) is 4.82. The summed E-state index contributed by atoms with van der Waals surface area (Å²) < 4.78 is 14.6. The molecular weight excluding hydrogens is 271 g/mol. The van der Waals surface area contributed by atoms with Gasteiger partial charge in [0.2, 0.25) is 5.91 Å². The molecule has 21 heavy (non-hydrogen) atoms. The highest BCUT2D eigenvalue weighted by Gasteiger charge is 2.08. The van der Waals surface area contributed by atoms with Crippen LogP contribution in [0.1, 0.15) is 5.56 Å². The highest BCUT2D eigenvalue weighted by Crippen LogP contribution is 2.05. The number of rotatable bonds is 7. The van der Waals surface area contributed by atoms with Crippen LogP contribution in [0.3, 0.4) is 0 Å². The van der Waals surface area contributed by atoms with Crippen LogP contribution >= 0.6 is 0 Å². The first-order chi connectivity index (χ1) is 10.1. The van der Waals surface area contributed by atoms with Gasteiger partial charge in [0.1, 0.15) is 5.82 Å². The SMILES string of the molecule is CN(Cc1ccc(F)cc1)C(=O)CNCCn1cccn1. The van der Waals surface area contributed by atoms with Gasteiger partial charge in [-0.1, -0.05) is 12.1 Å². The van der Waals surface area contributed by atoms with E-state index in [-0.39, 0.29) is 18.3 Å². The summed E-state index contributed by atoms with van der Waals surface area (Å²) in [5.74, 6) is -0.271. The molecule has 0 spiro atoms. The minimum atomic E-state index is -0.270. The van der Waals surface area contributed by atoms with Crippen LogP contribution in [0.25, 0.3) is 0 Å². The fourth-order valence-electron chi connectivity index (χ4n) is 1.91. The van der Waals surface area contributed by atoms with Gasteiger partial charge in [-0.15, -0.1) is 0 Å². The Hall–Kier alpha value is -2.21. The van der Waals surface area contributed by atoms with E-state index in [4.69, 9.17) is 0 Å². The van der Waals surface area contributed by atoms with Crippen LogP contribution in [-0.4, -0.2) is 40.7 Å². The third-order valence-electron chi connectivity index (χ3n) is 3.11. The van der Waals surface area contributed by atoms with Crippen molar-refractivity contribution in [2.45, 2.75) is 13.1 Å². The van der Waals surface area contributed by atoms with Gasteiger partial charge in [-0.2, -0.15) is 5.10 Å². The van der Waals surface area contributed by atoms with Gasteiger partial charge >= 0.3 is 0 Å². The number of aromatic nitrogens is 2. The number of likely N-dealkylation sites (N-methyl/N-ethyl adjacent to an activating group) is 1. The molecule has 2 rings (SSSR count). The summed E-state index contributed by atoms with van der Waals surface area (Å²) in [4.78, 5) is 13.6. The maximum atomic E-state index is 12.8. The molecule has 6 heteroatoms. The second kappa shape index (κ2) is 7.54. The largest absolute Gasteiger partial charge is 0.340 e. The van der Waals surface area contributed by atoms with E-state index in [1.54, 1.807) is 35.0 Å². The number of benzene rings is 1. The van der Waals surface area contributed by atoms with Crippen LogP contribution in [0.5, 0.6) is 0 Å². The molecule has 2 aromatic rings. The van der Waals surface area contributed by atoms with Crippen molar-refractivity contribution < 1.29 is 9.18 Å². The van der Waals surface area contributed by atoms with Gasteiger partial charge in [0.25, 0.3) is 0 Å². The van der Waals surface area contributed by atoms with E-state index in [1.807, 2.05) is 12.3 Å². The number of hydrogen-bond acceptors (Lipinski definition) is 3. The average Bonchev–Trinajstić information content (AvgIpc) is 2.99. The Labute approximate surface area is 123 Å². The first-order valence-electron chi connectivity index (χ1n) is 6.82. The minimum absolute atomic E-state index is 0.000194. The lowest BCUT2D eigenvalue weighted by atomic mass is 10.2. The minimum Gasteiger partial charge on any atom is -0.340 e. The molecule has 112 valence electrons. The molecule has 0 aliphatic carbocycles. The van der Waals surface area contributed by atoms with Gasteiger partial charge in [0, 0.05) is 32.5 Å². The van der Waals surface area contributed by atoms with E-state index in [9.17, 15) is 9.18 Å². The summed E-state index contributed by atoms with van der Waals surface area (Å²) in [7, 11) is 1.74. The molecule has 0 radical (unpaired) electrons. The van der Waals surface area contributed by atoms with Gasteiger partial charge < -0.3 is 10.2 Å². The maximum absolute atomic E-state index is 12.8. The van der Waals surface area contributed by atoms with Gasteiger partial charge in [0.05, 0.1) is 13.1 Å². The highest BCUT2D eigenvalue weighted by molar-refractivity contribution is 5.77. The van der Waals surface area contributed by atoms with E-state index in [0.717, 1.165) is 12.1 Å². The third kappa shape index (κ3) is 5.00. The van der Waals surface area contributed by atoms with Crippen molar-refractivity contribution in [1.29, 1.82) is 0 Å². The lowest BCUT2D eigenvalue weighted by molar-refractivity contribution is -0.129. The zero-order valence-corrected chi connectivity index (χ0v) is 12.0. The van der Waals surface area contributed by atoms with Crippen LogP contribution < -0.4 is 5.32 Å². The molecule has 0 saturated carbocycles. The number of hydrogen-bond donors (Lipinski definition) is 1.